The van der Waals surface area contributed by atoms with Crippen molar-refractivity contribution >= 4 is 27.5 Å². The van der Waals surface area contributed by atoms with Crippen LogP contribution in [0.5, 0.6) is 0 Å². The zero-order valence-corrected chi connectivity index (χ0v) is 12.6. The molecule has 8 heteroatoms. The Bertz CT molecular complexity index is 758. The number of non-ortho nitro benzene ring substituents is 1. The highest BCUT2D eigenvalue weighted by atomic mass is 79.9. The molecule has 108 valence electrons. The van der Waals surface area contributed by atoms with E-state index in [-0.39, 0.29) is 11.6 Å². The van der Waals surface area contributed by atoms with E-state index in [1.54, 1.807) is 23.0 Å². The van der Waals surface area contributed by atoms with Crippen molar-refractivity contribution in [2.45, 2.75) is 19.0 Å². The average Bonchev–Trinajstić information content (AvgIpc) is 2.80. The van der Waals surface area contributed by atoms with Gasteiger partial charge in [-0.2, -0.15) is 5.10 Å². The summed E-state index contributed by atoms with van der Waals surface area (Å²) in [6.45, 7) is 2.23. The molecule has 0 fully saturated rings. The van der Waals surface area contributed by atoms with Crippen LogP contribution in [0.2, 0.25) is 0 Å². The number of nitrogens with one attached hydrogen (secondary N) is 1. The monoisotopic (exact) mass is 350 g/mol. The number of halogens is 1. The Morgan fingerprint density at radius 2 is 2.29 bits per heavy atom. The highest BCUT2D eigenvalue weighted by Gasteiger charge is 2.37. The van der Waals surface area contributed by atoms with Crippen molar-refractivity contribution < 1.29 is 9.72 Å². The van der Waals surface area contributed by atoms with Crippen LogP contribution < -0.4 is 5.32 Å². The molecule has 1 aromatic carbocycles. The summed E-state index contributed by atoms with van der Waals surface area (Å²) in [6.07, 6.45) is 1.56. The molecule has 0 bridgehead atoms. The van der Waals surface area contributed by atoms with E-state index in [0.29, 0.717) is 22.3 Å². The maximum Gasteiger partial charge on any atom is 0.271 e. The van der Waals surface area contributed by atoms with Gasteiger partial charge < -0.3 is 5.32 Å². The quantitative estimate of drug-likeness (QED) is 0.664. The van der Waals surface area contributed by atoms with Gasteiger partial charge in [-0.3, -0.25) is 19.6 Å². The second-order valence-electron chi connectivity index (χ2n) is 5.09. The summed E-state index contributed by atoms with van der Waals surface area (Å²) in [5.74, 6) is -0.264. The van der Waals surface area contributed by atoms with E-state index in [1.807, 2.05) is 6.92 Å². The van der Waals surface area contributed by atoms with Crippen molar-refractivity contribution in [2.75, 3.05) is 0 Å². The second-order valence-corrected chi connectivity index (χ2v) is 5.95. The molecule has 1 aromatic heterocycles. The molecule has 7 nitrogen and oxygen atoms in total. The lowest BCUT2D eigenvalue weighted by Gasteiger charge is -2.35. The Morgan fingerprint density at radius 3 is 3.00 bits per heavy atom. The summed E-state index contributed by atoms with van der Waals surface area (Å²) < 4.78 is 2.22. The molecule has 2 aromatic rings. The number of hydrogen-bond acceptors (Lipinski definition) is 4. The molecule has 1 unspecified atom stereocenters. The van der Waals surface area contributed by atoms with Crippen molar-refractivity contribution in [3.8, 4) is 0 Å². The molecular weight excluding hydrogens is 340 g/mol. The van der Waals surface area contributed by atoms with E-state index in [2.05, 4.69) is 26.3 Å². The van der Waals surface area contributed by atoms with Gasteiger partial charge in [0, 0.05) is 12.1 Å². The maximum atomic E-state index is 12.2. The molecule has 1 amide bonds. The van der Waals surface area contributed by atoms with Gasteiger partial charge in [0.2, 0.25) is 0 Å². The Labute approximate surface area is 128 Å². The van der Waals surface area contributed by atoms with Crippen LogP contribution in [-0.4, -0.2) is 20.6 Å². The van der Waals surface area contributed by atoms with E-state index < -0.39 is 10.5 Å². The molecule has 3 rings (SSSR count). The minimum atomic E-state index is -0.748. The van der Waals surface area contributed by atoms with Crippen LogP contribution in [0, 0.1) is 10.1 Å². The Balaban J connectivity index is 2.05. The predicted molar refractivity (Wildman–Crippen MR) is 77.8 cm³/mol. The Kier molecular flexibility index (Phi) is 3.05. The number of aromatic nitrogens is 2. The van der Waals surface area contributed by atoms with Crippen molar-refractivity contribution in [1.82, 2.24) is 15.1 Å². The third-order valence-electron chi connectivity index (χ3n) is 3.56. The summed E-state index contributed by atoms with van der Waals surface area (Å²) in [7, 11) is 0. The van der Waals surface area contributed by atoms with E-state index in [4.69, 9.17) is 0 Å². The molecule has 1 atom stereocenters. The third-order valence-corrected chi connectivity index (χ3v) is 4.14. The Hall–Kier alpha value is -2.22. The third kappa shape index (κ3) is 2.21. The predicted octanol–water partition coefficient (Wildman–Crippen LogP) is 2.21. The lowest BCUT2D eigenvalue weighted by molar-refractivity contribution is -0.385. The lowest BCUT2D eigenvalue weighted by Crippen LogP contribution is -2.51. The number of benzene rings is 1. The van der Waals surface area contributed by atoms with Crippen LogP contribution in [0.4, 0.5) is 5.69 Å². The Morgan fingerprint density at radius 1 is 1.52 bits per heavy atom. The lowest BCUT2D eigenvalue weighted by atomic mass is 9.90. The number of carbonyl (C=O) groups excluding carboxylic acids is 1. The number of nitro groups is 1. The first-order valence-electron chi connectivity index (χ1n) is 6.19. The number of fused-ring (bicyclic) bond motifs is 1. The molecule has 1 N–H and O–H groups in total. The fraction of sp³-hybridized carbons (Fsp3) is 0.231. The van der Waals surface area contributed by atoms with Gasteiger partial charge in [-0.1, -0.05) is 12.1 Å². The van der Waals surface area contributed by atoms with E-state index >= 15 is 0 Å². The molecule has 21 heavy (non-hydrogen) atoms. The van der Waals surface area contributed by atoms with E-state index in [9.17, 15) is 14.9 Å². The van der Waals surface area contributed by atoms with E-state index in [1.165, 1.54) is 12.1 Å². The van der Waals surface area contributed by atoms with Gasteiger partial charge >= 0.3 is 0 Å². The number of nitrogens with zero attached hydrogens (tertiary/aromatic N) is 3. The average molecular weight is 351 g/mol. The van der Waals surface area contributed by atoms with Crippen LogP contribution in [0.3, 0.4) is 0 Å². The van der Waals surface area contributed by atoms with Gasteiger partial charge in [-0.05, 0) is 28.4 Å². The molecule has 0 saturated carbocycles. The first-order chi connectivity index (χ1) is 9.90. The first kappa shape index (κ1) is 13.7. The smallest absolute Gasteiger partial charge is 0.271 e. The molecule has 2 heterocycles. The van der Waals surface area contributed by atoms with Crippen LogP contribution in [0.15, 0.2) is 34.9 Å². The van der Waals surface area contributed by atoms with Gasteiger partial charge in [0.25, 0.3) is 11.6 Å². The summed E-state index contributed by atoms with van der Waals surface area (Å²) in [6, 6.07) is 6.27. The summed E-state index contributed by atoms with van der Waals surface area (Å²) >= 11 is 3.28. The number of hydrogen-bond donors (Lipinski definition) is 1. The molecular formula is C13H11BrN4O3. The molecule has 0 saturated heterocycles. The van der Waals surface area contributed by atoms with E-state index in [0.717, 1.165) is 0 Å². The zero-order chi connectivity index (χ0) is 15.2. The topological polar surface area (TPSA) is 90.1 Å². The van der Waals surface area contributed by atoms with Gasteiger partial charge in [-0.25, -0.2) is 0 Å². The maximum absolute atomic E-state index is 12.2. The van der Waals surface area contributed by atoms with Crippen molar-refractivity contribution in [3.63, 3.8) is 0 Å². The fourth-order valence-electron chi connectivity index (χ4n) is 2.48. The molecule has 0 spiro atoms. The first-order valence-corrected chi connectivity index (χ1v) is 6.99. The number of carbonyl (C=O) groups is 1. The summed E-state index contributed by atoms with van der Waals surface area (Å²) in [5, 5.41) is 18.0. The van der Waals surface area contributed by atoms with Crippen LogP contribution >= 0.6 is 15.9 Å². The highest BCUT2D eigenvalue weighted by Crippen LogP contribution is 2.31. The van der Waals surface area contributed by atoms with Crippen molar-refractivity contribution in [1.29, 1.82) is 0 Å². The van der Waals surface area contributed by atoms with Crippen LogP contribution in [-0.2, 0) is 12.1 Å². The number of amides is 1. The van der Waals surface area contributed by atoms with Gasteiger partial charge in [0.05, 0.1) is 27.7 Å². The molecule has 1 aliphatic rings. The minimum absolute atomic E-state index is 0.00424. The van der Waals surface area contributed by atoms with Gasteiger partial charge in [0.1, 0.15) is 5.69 Å². The fourth-order valence-corrected chi connectivity index (χ4v) is 2.96. The largest absolute Gasteiger partial charge is 0.340 e. The molecule has 0 radical (unpaired) electrons. The standard InChI is InChI=1S/C13H11BrN4O3/c1-13(8-3-2-4-9(5-8)18(20)21)7-17-11(12(19)16-13)10(14)6-15-17/h2-6H,7H2,1H3,(H,16,19). The highest BCUT2D eigenvalue weighted by molar-refractivity contribution is 9.10. The van der Waals surface area contributed by atoms with Crippen molar-refractivity contribution in [2.24, 2.45) is 0 Å². The molecule has 0 aliphatic carbocycles. The summed E-state index contributed by atoms with van der Waals surface area (Å²) in [4.78, 5) is 22.7. The zero-order valence-electron chi connectivity index (χ0n) is 11.0. The minimum Gasteiger partial charge on any atom is -0.340 e. The van der Waals surface area contributed by atoms with Crippen LogP contribution in [0.25, 0.3) is 0 Å². The van der Waals surface area contributed by atoms with Crippen LogP contribution in [0.1, 0.15) is 23.0 Å². The summed E-state index contributed by atoms with van der Waals surface area (Å²) in [5.41, 5.74) is 0.373. The molecule has 1 aliphatic heterocycles. The van der Waals surface area contributed by atoms with Gasteiger partial charge in [0.15, 0.2) is 0 Å². The number of nitro benzene ring substituents is 1. The second kappa shape index (κ2) is 4.66. The normalized spacial score (nSPS) is 20.8. The van der Waals surface area contributed by atoms with Crippen molar-refractivity contribution in [3.05, 3.63) is 56.3 Å². The van der Waals surface area contributed by atoms with Gasteiger partial charge in [-0.15, -0.1) is 0 Å². The number of rotatable bonds is 2. The SMILES string of the molecule is CC1(c2cccc([N+](=O)[O-])c2)Cn2ncc(Br)c2C(=O)N1.